The Morgan fingerprint density at radius 2 is 1.75 bits per heavy atom. The van der Waals surface area contributed by atoms with Crippen LogP contribution in [0, 0.1) is 17.5 Å². The Bertz CT molecular complexity index is 877. The van der Waals surface area contributed by atoms with E-state index in [1.165, 1.54) is 24.3 Å². The molecule has 0 radical (unpaired) electrons. The van der Waals surface area contributed by atoms with Crippen LogP contribution in [0.3, 0.4) is 0 Å². The van der Waals surface area contributed by atoms with Crippen molar-refractivity contribution in [3.05, 3.63) is 71.3 Å². The lowest BCUT2D eigenvalue weighted by atomic mass is 10.2. The van der Waals surface area contributed by atoms with Crippen LogP contribution in [-0.2, 0) is 6.54 Å². The molecule has 3 rings (SSSR count). The molecule has 0 fully saturated rings. The zero-order valence-electron chi connectivity index (χ0n) is 12.2. The summed E-state index contributed by atoms with van der Waals surface area (Å²) in [7, 11) is 0. The summed E-state index contributed by atoms with van der Waals surface area (Å²) < 4.78 is 39.5. The molecule has 1 aromatic heterocycles. The highest BCUT2D eigenvalue weighted by Crippen LogP contribution is 2.15. The number of rotatable bonds is 4. The van der Waals surface area contributed by atoms with Crippen molar-refractivity contribution in [1.82, 2.24) is 20.5 Å². The Kier molecular flexibility index (Phi) is 4.28. The predicted molar refractivity (Wildman–Crippen MR) is 79.3 cm³/mol. The molecule has 3 aromatic rings. The average Bonchev–Trinajstić information content (AvgIpc) is 3.04. The summed E-state index contributed by atoms with van der Waals surface area (Å²) in [5.74, 6) is -2.03. The molecule has 24 heavy (non-hydrogen) atoms. The van der Waals surface area contributed by atoms with Gasteiger partial charge >= 0.3 is 0 Å². The van der Waals surface area contributed by atoms with Crippen LogP contribution in [0.5, 0.6) is 0 Å². The highest BCUT2D eigenvalue weighted by Gasteiger charge is 2.13. The van der Waals surface area contributed by atoms with Gasteiger partial charge in [0.05, 0.1) is 12.1 Å². The van der Waals surface area contributed by atoms with Crippen LogP contribution in [0.25, 0.3) is 11.4 Å². The van der Waals surface area contributed by atoms with Crippen molar-refractivity contribution in [3.8, 4) is 11.4 Å². The molecular weight excluding hydrogens is 321 g/mol. The zero-order valence-corrected chi connectivity index (χ0v) is 12.2. The molecule has 0 aliphatic carbocycles. The molecule has 1 heterocycles. The van der Waals surface area contributed by atoms with Crippen LogP contribution >= 0.6 is 0 Å². The van der Waals surface area contributed by atoms with Crippen molar-refractivity contribution in [1.29, 1.82) is 0 Å². The molecule has 0 atom stereocenters. The Labute approximate surface area is 134 Å². The highest BCUT2D eigenvalue weighted by molar-refractivity contribution is 5.94. The number of hydrogen-bond donors (Lipinski definition) is 2. The first kappa shape index (κ1) is 15.7. The number of carbonyl (C=O) groups is 1. The third kappa shape index (κ3) is 3.43. The number of aromatic nitrogens is 3. The number of amides is 1. The van der Waals surface area contributed by atoms with Gasteiger partial charge in [0.1, 0.15) is 23.3 Å². The number of halogens is 3. The summed E-state index contributed by atoms with van der Waals surface area (Å²) >= 11 is 0. The Balaban J connectivity index is 1.68. The molecule has 122 valence electrons. The van der Waals surface area contributed by atoms with Gasteiger partial charge in [-0.05, 0) is 42.5 Å². The standard InChI is InChI=1S/C16H11F3N4O/c17-10-3-1-9(2-4-10)15-21-14(22-23-15)8-20-16(24)12-7-11(18)5-6-13(12)19/h1-7H,8H2,(H,20,24)(H,21,22,23). The molecule has 0 unspecified atom stereocenters. The number of aromatic amines is 1. The van der Waals surface area contributed by atoms with Gasteiger partial charge in [-0.1, -0.05) is 0 Å². The van der Waals surface area contributed by atoms with Gasteiger partial charge in [-0.3, -0.25) is 9.89 Å². The number of benzene rings is 2. The van der Waals surface area contributed by atoms with Crippen molar-refractivity contribution >= 4 is 5.91 Å². The van der Waals surface area contributed by atoms with Crippen LogP contribution in [0.15, 0.2) is 42.5 Å². The van der Waals surface area contributed by atoms with Gasteiger partial charge < -0.3 is 5.32 Å². The molecule has 2 aromatic carbocycles. The Morgan fingerprint density at radius 1 is 1.04 bits per heavy atom. The van der Waals surface area contributed by atoms with E-state index in [0.29, 0.717) is 17.2 Å². The molecule has 0 bridgehead atoms. The van der Waals surface area contributed by atoms with Crippen molar-refractivity contribution in [3.63, 3.8) is 0 Å². The van der Waals surface area contributed by atoms with Gasteiger partial charge in [0.25, 0.3) is 5.91 Å². The molecule has 0 spiro atoms. The second kappa shape index (κ2) is 6.53. The summed E-state index contributed by atoms with van der Waals surface area (Å²) in [6.07, 6.45) is 0. The van der Waals surface area contributed by atoms with E-state index in [4.69, 9.17) is 0 Å². The van der Waals surface area contributed by atoms with E-state index in [1.807, 2.05) is 0 Å². The van der Waals surface area contributed by atoms with Gasteiger partial charge in [0.15, 0.2) is 5.82 Å². The largest absolute Gasteiger partial charge is 0.345 e. The molecule has 5 nitrogen and oxygen atoms in total. The first-order chi connectivity index (χ1) is 11.5. The second-order valence-corrected chi connectivity index (χ2v) is 4.92. The van der Waals surface area contributed by atoms with E-state index in [0.717, 1.165) is 18.2 Å². The average molecular weight is 332 g/mol. The molecule has 1 amide bonds. The fourth-order valence-corrected chi connectivity index (χ4v) is 2.03. The van der Waals surface area contributed by atoms with Crippen molar-refractivity contribution in [2.45, 2.75) is 6.54 Å². The van der Waals surface area contributed by atoms with Gasteiger partial charge in [-0.25, -0.2) is 18.2 Å². The minimum Gasteiger partial charge on any atom is -0.345 e. The van der Waals surface area contributed by atoms with Crippen LogP contribution in [0.1, 0.15) is 16.2 Å². The van der Waals surface area contributed by atoms with Crippen LogP contribution in [-0.4, -0.2) is 21.1 Å². The van der Waals surface area contributed by atoms with E-state index in [-0.39, 0.29) is 12.4 Å². The quantitative estimate of drug-likeness (QED) is 0.772. The lowest BCUT2D eigenvalue weighted by Crippen LogP contribution is -2.24. The van der Waals surface area contributed by atoms with Crippen molar-refractivity contribution in [2.24, 2.45) is 0 Å². The molecule has 2 N–H and O–H groups in total. The maximum atomic E-state index is 13.5. The van der Waals surface area contributed by atoms with Gasteiger partial charge in [0, 0.05) is 5.56 Å². The molecule has 0 saturated carbocycles. The summed E-state index contributed by atoms with van der Waals surface area (Å²) in [6.45, 7) is -0.0526. The normalized spacial score (nSPS) is 10.6. The fourth-order valence-electron chi connectivity index (χ4n) is 2.03. The smallest absolute Gasteiger partial charge is 0.254 e. The minimum absolute atomic E-state index is 0.0526. The Morgan fingerprint density at radius 3 is 2.50 bits per heavy atom. The van der Waals surface area contributed by atoms with Crippen molar-refractivity contribution in [2.75, 3.05) is 0 Å². The molecule has 8 heteroatoms. The summed E-state index contributed by atoms with van der Waals surface area (Å²) in [4.78, 5) is 16.0. The van der Waals surface area contributed by atoms with E-state index in [1.54, 1.807) is 0 Å². The lowest BCUT2D eigenvalue weighted by molar-refractivity contribution is 0.0945. The SMILES string of the molecule is O=C(NCc1nc(-c2ccc(F)cc2)n[nH]1)c1cc(F)ccc1F. The van der Waals surface area contributed by atoms with Gasteiger partial charge in [0.2, 0.25) is 0 Å². The summed E-state index contributed by atoms with van der Waals surface area (Å²) in [6, 6.07) is 8.21. The second-order valence-electron chi connectivity index (χ2n) is 4.92. The van der Waals surface area contributed by atoms with Gasteiger partial charge in [-0.15, -0.1) is 0 Å². The van der Waals surface area contributed by atoms with Gasteiger partial charge in [-0.2, -0.15) is 5.10 Å². The molecule has 0 aliphatic rings. The Hall–Kier alpha value is -3.16. The van der Waals surface area contributed by atoms with E-state index in [2.05, 4.69) is 20.5 Å². The number of H-pyrrole nitrogens is 1. The first-order valence-corrected chi connectivity index (χ1v) is 6.93. The van der Waals surface area contributed by atoms with Crippen LogP contribution in [0.4, 0.5) is 13.2 Å². The molecule has 0 saturated heterocycles. The number of carbonyl (C=O) groups excluding carboxylic acids is 1. The fraction of sp³-hybridized carbons (Fsp3) is 0.0625. The monoisotopic (exact) mass is 332 g/mol. The third-order valence-corrected chi connectivity index (χ3v) is 3.22. The van der Waals surface area contributed by atoms with Crippen LogP contribution < -0.4 is 5.32 Å². The summed E-state index contributed by atoms with van der Waals surface area (Å²) in [5.41, 5.74) is 0.203. The molecular formula is C16H11F3N4O. The predicted octanol–water partition coefficient (Wildman–Crippen LogP) is 2.82. The number of nitrogens with one attached hydrogen (secondary N) is 2. The van der Waals surface area contributed by atoms with E-state index in [9.17, 15) is 18.0 Å². The highest BCUT2D eigenvalue weighted by atomic mass is 19.1. The summed E-state index contributed by atoms with van der Waals surface area (Å²) in [5, 5.41) is 8.99. The lowest BCUT2D eigenvalue weighted by Gasteiger charge is -2.04. The maximum Gasteiger partial charge on any atom is 0.254 e. The maximum absolute atomic E-state index is 13.5. The number of hydrogen-bond acceptors (Lipinski definition) is 3. The topological polar surface area (TPSA) is 70.7 Å². The van der Waals surface area contributed by atoms with E-state index < -0.39 is 23.1 Å². The molecule has 0 aliphatic heterocycles. The van der Waals surface area contributed by atoms with Crippen LogP contribution in [0.2, 0.25) is 0 Å². The van der Waals surface area contributed by atoms with Crippen molar-refractivity contribution < 1.29 is 18.0 Å². The minimum atomic E-state index is -0.821. The third-order valence-electron chi connectivity index (χ3n) is 3.22. The van der Waals surface area contributed by atoms with E-state index >= 15 is 0 Å². The number of nitrogens with zero attached hydrogens (tertiary/aromatic N) is 2. The zero-order chi connectivity index (χ0) is 17.1. The first-order valence-electron chi connectivity index (χ1n) is 6.93.